The summed E-state index contributed by atoms with van der Waals surface area (Å²) in [5.41, 5.74) is 2.51. The van der Waals surface area contributed by atoms with E-state index in [4.69, 9.17) is 0 Å². The molecule has 1 heteroatoms. The summed E-state index contributed by atoms with van der Waals surface area (Å²) in [4.78, 5) is 0. The molecule has 0 unspecified atom stereocenters. The number of aromatic nitrogens is 1. The summed E-state index contributed by atoms with van der Waals surface area (Å²) in [6.07, 6.45) is 8.18. The standard InChI is InChI=1S/C14H14N/c1-13-5-7-14(8-6-13)9-12-15-10-3-2-4-11-15/h2-12H,1H3/q+1. The summed E-state index contributed by atoms with van der Waals surface area (Å²) < 4.78 is 2.03. The molecule has 0 radical (unpaired) electrons. The highest BCUT2D eigenvalue weighted by Gasteiger charge is 1.91. The first-order valence-electron chi connectivity index (χ1n) is 5.05. The van der Waals surface area contributed by atoms with Crippen molar-refractivity contribution in [3.8, 4) is 0 Å². The SMILES string of the molecule is Cc1ccc(C=C[n+]2ccccc2)cc1. The van der Waals surface area contributed by atoms with Crippen molar-refractivity contribution in [2.24, 2.45) is 0 Å². The molecule has 0 aliphatic heterocycles. The third-order valence-corrected chi connectivity index (χ3v) is 2.26. The normalized spacial score (nSPS) is 10.7. The van der Waals surface area contributed by atoms with Gasteiger partial charge in [-0.25, -0.2) is 0 Å². The van der Waals surface area contributed by atoms with Crippen LogP contribution < -0.4 is 4.57 Å². The van der Waals surface area contributed by atoms with Gasteiger partial charge in [0, 0.05) is 18.2 Å². The lowest BCUT2D eigenvalue weighted by atomic mass is 10.1. The van der Waals surface area contributed by atoms with Crippen LogP contribution in [0.1, 0.15) is 11.1 Å². The van der Waals surface area contributed by atoms with Crippen molar-refractivity contribution in [1.29, 1.82) is 0 Å². The van der Waals surface area contributed by atoms with E-state index in [0.29, 0.717) is 0 Å². The van der Waals surface area contributed by atoms with Crippen LogP contribution in [0.5, 0.6) is 0 Å². The second-order valence-electron chi connectivity index (χ2n) is 3.55. The van der Waals surface area contributed by atoms with Gasteiger partial charge in [-0.05, 0) is 12.5 Å². The maximum atomic E-state index is 2.12. The summed E-state index contributed by atoms with van der Waals surface area (Å²) in [7, 11) is 0. The maximum absolute atomic E-state index is 2.12. The van der Waals surface area contributed by atoms with Crippen LogP contribution in [-0.4, -0.2) is 0 Å². The van der Waals surface area contributed by atoms with Gasteiger partial charge < -0.3 is 0 Å². The molecule has 0 amide bonds. The Morgan fingerprint density at radius 3 is 2.27 bits per heavy atom. The molecule has 1 aromatic carbocycles. The van der Waals surface area contributed by atoms with Crippen molar-refractivity contribution in [1.82, 2.24) is 0 Å². The summed E-state index contributed by atoms with van der Waals surface area (Å²) in [5, 5.41) is 0. The molecule has 0 fully saturated rings. The van der Waals surface area contributed by atoms with Crippen molar-refractivity contribution in [3.63, 3.8) is 0 Å². The minimum absolute atomic E-state index is 1.22. The van der Waals surface area contributed by atoms with Gasteiger partial charge in [-0.1, -0.05) is 35.9 Å². The molecule has 0 aliphatic carbocycles. The van der Waals surface area contributed by atoms with Crippen molar-refractivity contribution in [2.75, 3.05) is 0 Å². The van der Waals surface area contributed by atoms with E-state index in [1.807, 2.05) is 41.4 Å². The van der Waals surface area contributed by atoms with Gasteiger partial charge in [0.25, 0.3) is 0 Å². The lowest BCUT2D eigenvalue weighted by Crippen LogP contribution is -2.23. The van der Waals surface area contributed by atoms with Crippen LogP contribution in [0.2, 0.25) is 0 Å². The molecule has 0 N–H and O–H groups in total. The van der Waals surface area contributed by atoms with Crippen molar-refractivity contribution in [3.05, 3.63) is 66.0 Å². The van der Waals surface area contributed by atoms with E-state index in [-0.39, 0.29) is 0 Å². The third kappa shape index (κ3) is 2.78. The number of aryl methyl sites for hydroxylation is 1. The van der Waals surface area contributed by atoms with Crippen LogP contribution in [0.4, 0.5) is 0 Å². The van der Waals surface area contributed by atoms with Gasteiger partial charge >= 0.3 is 0 Å². The Balaban J connectivity index is 2.15. The summed E-state index contributed by atoms with van der Waals surface area (Å²) >= 11 is 0. The fourth-order valence-corrected chi connectivity index (χ4v) is 1.36. The highest BCUT2D eigenvalue weighted by Crippen LogP contribution is 2.04. The maximum Gasteiger partial charge on any atom is 0.175 e. The predicted octanol–water partition coefficient (Wildman–Crippen LogP) is 2.91. The van der Waals surface area contributed by atoms with E-state index in [1.165, 1.54) is 11.1 Å². The number of hydrogen-bond acceptors (Lipinski definition) is 0. The van der Waals surface area contributed by atoms with Gasteiger partial charge in [0.1, 0.15) is 0 Å². The molecule has 0 spiro atoms. The van der Waals surface area contributed by atoms with Gasteiger partial charge in [-0.3, -0.25) is 0 Å². The average Bonchev–Trinajstić information content (AvgIpc) is 2.30. The highest BCUT2D eigenvalue weighted by molar-refractivity contribution is 5.56. The smallest absolute Gasteiger partial charge is 0.174 e. The van der Waals surface area contributed by atoms with Crippen LogP contribution in [0.15, 0.2) is 54.9 Å². The Labute approximate surface area is 90.3 Å². The van der Waals surface area contributed by atoms with Gasteiger partial charge in [-0.2, -0.15) is 4.57 Å². The Morgan fingerprint density at radius 2 is 1.60 bits per heavy atom. The van der Waals surface area contributed by atoms with Crippen molar-refractivity contribution in [2.45, 2.75) is 6.92 Å². The number of nitrogens with zero attached hydrogens (tertiary/aromatic N) is 1. The first-order valence-corrected chi connectivity index (χ1v) is 5.05. The molecule has 15 heavy (non-hydrogen) atoms. The fraction of sp³-hybridized carbons (Fsp3) is 0.0714. The zero-order chi connectivity index (χ0) is 10.5. The minimum atomic E-state index is 1.22. The Hall–Kier alpha value is -1.89. The molecule has 0 saturated carbocycles. The number of benzene rings is 1. The van der Waals surface area contributed by atoms with Crippen LogP contribution in [0, 0.1) is 6.92 Å². The molecule has 0 bridgehead atoms. The van der Waals surface area contributed by atoms with Gasteiger partial charge in [0.05, 0.1) is 0 Å². The molecule has 1 nitrogen and oxygen atoms in total. The Kier molecular flexibility index (Phi) is 2.93. The van der Waals surface area contributed by atoms with Gasteiger partial charge in [0.2, 0.25) is 0 Å². The molecule has 2 aromatic rings. The molecule has 0 aliphatic rings. The topological polar surface area (TPSA) is 3.88 Å². The monoisotopic (exact) mass is 196 g/mol. The molecular formula is C14H14N+. The van der Waals surface area contributed by atoms with Crippen LogP contribution in [-0.2, 0) is 0 Å². The first kappa shape index (κ1) is 9.66. The third-order valence-electron chi connectivity index (χ3n) is 2.26. The number of rotatable bonds is 2. The van der Waals surface area contributed by atoms with E-state index < -0.39 is 0 Å². The van der Waals surface area contributed by atoms with E-state index in [0.717, 1.165) is 0 Å². The lowest BCUT2D eigenvalue weighted by molar-refractivity contribution is -0.567. The van der Waals surface area contributed by atoms with Crippen molar-refractivity contribution < 1.29 is 4.57 Å². The molecule has 74 valence electrons. The lowest BCUT2D eigenvalue weighted by Gasteiger charge is -1.92. The second-order valence-corrected chi connectivity index (χ2v) is 3.55. The Morgan fingerprint density at radius 1 is 0.933 bits per heavy atom. The van der Waals surface area contributed by atoms with E-state index in [9.17, 15) is 0 Å². The molecule has 0 atom stereocenters. The van der Waals surface area contributed by atoms with E-state index >= 15 is 0 Å². The van der Waals surface area contributed by atoms with Gasteiger partial charge in [-0.15, -0.1) is 0 Å². The average molecular weight is 196 g/mol. The zero-order valence-electron chi connectivity index (χ0n) is 8.80. The molecule has 1 heterocycles. The first-order chi connectivity index (χ1) is 7.34. The number of hydrogen-bond donors (Lipinski definition) is 0. The molecule has 0 saturated heterocycles. The number of pyridine rings is 1. The second kappa shape index (κ2) is 4.56. The Bertz CT molecular complexity index is 441. The quantitative estimate of drug-likeness (QED) is 0.650. The predicted molar refractivity (Wildman–Crippen MR) is 63.0 cm³/mol. The van der Waals surface area contributed by atoms with Gasteiger partial charge in [0.15, 0.2) is 18.6 Å². The zero-order valence-corrected chi connectivity index (χ0v) is 8.80. The van der Waals surface area contributed by atoms with Crippen LogP contribution >= 0.6 is 0 Å². The fourth-order valence-electron chi connectivity index (χ4n) is 1.36. The summed E-state index contributed by atoms with van der Waals surface area (Å²) in [5.74, 6) is 0. The minimum Gasteiger partial charge on any atom is -0.174 e. The van der Waals surface area contributed by atoms with Crippen LogP contribution in [0.3, 0.4) is 0 Å². The van der Waals surface area contributed by atoms with Crippen LogP contribution in [0.25, 0.3) is 12.3 Å². The summed E-state index contributed by atoms with van der Waals surface area (Å²) in [6, 6.07) is 14.5. The van der Waals surface area contributed by atoms with E-state index in [2.05, 4.69) is 37.3 Å². The molecular weight excluding hydrogens is 182 g/mol. The largest absolute Gasteiger partial charge is 0.175 e. The van der Waals surface area contributed by atoms with Crippen molar-refractivity contribution >= 4 is 12.3 Å². The molecule has 1 aromatic heterocycles. The molecule has 2 rings (SSSR count). The highest BCUT2D eigenvalue weighted by atomic mass is 14.9. The summed E-state index contributed by atoms with van der Waals surface area (Å²) in [6.45, 7) is 2.10. The van der Waals surface area contributed by atoms with E-state index in [1.54, 1.807) is 0 Å².